The Hall–Kier alpha value is -2.74. The Morgan fingerprint density at radius 1 is 1.28 bits per heavy atom. The minimum Gasteiger partial charge on any atom is -0.464 e. The van der Waals surface area contributed by atoms with Crippen molar-refractivity contribution in [2.45, 2.75) is 0 Å². The van der Waals surface area contributed by atoms with Crippen molar-refractivity contribution in [2.24, 2.45) is 0 Å². The molecule has 88 valence electrons. The number of esters is 1. The van der Waals surface area contributed by atoms with Crippen LogP contribution in [0, 0.1) is 11.3 Å². The van der Waals surface area contributed by atoms with Crippen LogP contribution in [0.1, 0.15) is 16.1 Å². The average Bonchev–Trinajstić information content (AvgIpc) is 2.94. The molecule has 2 heterocycles. The van der Waals surface area contributed by atoms with Gasteiger partial charge in [-0.3, -0.25) is 0 Å². The summed E-state index contributed by atoms with van der Waals surface area (Å²) >= 11 is 0. The van der Waals surface area contributed by atoms with E-state index in [0.717, 1.165) is 21.9 Å². The Kier molecular flexibility index (Phi) is 2.10. The summed E-state index contributed by atoms with van der Waals surface area (Å²) in [6.07, 6.45) is 0. The summed E-state index contributed by atoms with van der Waals surface area (Å²) in [6.45, 7) is 0. The quantitative estimate of drug-likeness (QED) is 0.639. The lowest BCUT2D eigenvalue weighted by Crippen LogP contribution is -2.00. The molecule has 0 fully saturated rings. The number of nitrogens with zero attached hydrogens (tertiary/aromatic N) is 1. The van der Waals surface area contributed by atoms with Gasteiger partial charge in [0.1, 0.15) is 11.3 Å². The molecule has 0 saturated carbocycles. The number of benzene rings is 1. The van der Waals surface area contributed by atoms with Gasteiger partial charge < -0.3 is 14.7 Å². The highest BCUT2D eigenvalue weighted by Crippen LogP contribution is 2.26. The van der Waals surface area contributed by atoms with E-state index in [1.807, 2.05) is 6.07 Å². The highest BCUT2D eigenvalue weighted by Gasteiger charge is 2.13. The van der Waals surface area contributed by atoms with E-state index in [-0.39, 0.29) is 0 Å². The monoisotopic (exact) mass is 239 g/mol. The van der Waals surface area contributed by atoms with Gasteiger partial charge in [0.2, 0.25) is 0 Å². The zero-order valence-corrected chi connectivity index (χ0v) is 9.57. The molecule has 5 nitrogen and oxygen atoms in total. The molecule has 0 saturated heterocycles. The Labute approximate surface area is 102 Å². The van der Waals surface area contributed by atoms with E-state index >= 15 is 0 Å². The second-order valence-corrected chi connectivity index (χ2v) is 3.96. The van der Waals surface area contributed by atoms with Crippen molar-refractivity contribution in [3.63, 3.8) is 0 Å². The van der Waals surface area contributed by atoms with Gasteiger partial charge in [0.15, 0.2) is 0 Å². The fraction of sp³-hybridized carbons (Fsp3) is 0.0769. The zero-order valence-electron chi connectivity index (χ0n) is 9.57. The summed E-state index contributed by atoms with van der Waals surface area (Å²) in [5.74, 6) is -0.413. The lowest BCUT2D eigenvalue weighted by atomic mass is 10.1. The molecule has 0 radical (unpaired) electrons. The van der Waals surface area contributed by atoms with E-state index in [4.69, 9.17) is 5.26 Å². The largest absolute Gasteiger partial charge is 0.464 e. The minimum absolute atomic E-state index is 0.392. The number of H-pyrrole nitrogens is 2. The molecule has 3 aromatic rings. The number of hydrogen-bond acceptors (Lipinski definition) is 3. The van der Waals surface area contributed by atoms with Crippen molar-refractivity contribution in [2.75, 3.05) is 7.11 Å². The molecule has 0 unspecified atom stereocenters. The van der Waals surface area contributed by atoms with E-state index in [2.05, 4.69) is 20.8 Å². The third kappa shape index (κ3) is 1.36. The van der Waals surface area contributed by atoms with Gasteiger partial charge in [0.25, 0.3) is 0 Å². The standard InChI is InChI=1S/C13H9N3O2/c1-18-13(17)11-5-9-8-4-7(6-14)2-3-10(8)15-12(9)16-11/h2-5,15-16H,1H3. The molecule has 0 bridgehead atoms. The van der Waals surface area contributed by atoms with E-state index in [0.29, 0.717) is 11.3 Å². The fourth-order valence-electron chi connectivity index (χ4n) is 2.07. The normalized spacial score (nSPS) is 10.7. The first kappa shape index (κ1) is 10.4. The molecule has 0 aliphatic rings. The molecule has 3 rings (SSSR count). The van der Waals surface area contributed by atoms with Crippen molar-refractivity contribution < 1.29 is 9.53 Å². The molecule has 1 aromatic carbocycles. The fourth-order valence-corrected chi connectivity index (χ4v) is 2.07. The first-order valence-corrected chi connectivity index (χ1v) is 5.36. The Morgan fingerprint density at radius 2 is 2.11 bits per heavy atom. The summed E-state index contributed by atoms with van der Waals surface area (Å²) in [5, 5.41) is 10.7. The predicted octanol–water partition coefficient (Wildman–Crippen LogP) is 2.31. The SMILES string of the molecule is COC(=O)c1cc2c([nH]1)[nH]c1ccc(C#N)cc12. The maximum Gasteiger partial charge on any atom is 0.354 e. The number of methoxy groups -OCH3 is 1. The van der Waals surface area contributed by atoms with Crippen LogP contribution in [0.25, 0.3) is 21.9 Å². The zero-order chi connectivity index (χ0) is 12.7. The van der Waals surface area contributed by atoms with Crippen LogP contribution in [0.5, 0.6) is 0 Å². The molecule has 0 aliphatic heterocycles. The van der Waals surface area contributed by atoms with Crippen LogP contribution < -0.4 is 0 Å². The number of aromatic nitrogens is 2. The second-order valence-electron chi connectivity index (χ2n) is 3.96. The van der Waals surface area contributed by atoms with E-state index < -0.39 is 5.97 Å². The summed E-state index contributed by atoms with van der Waals surface area (Å²) in [7, 11) is 1.34. The third-order valence-electron chi connectivity index (χ3n) is 2.92. The first-order valence-electron chi connectivity index (χ1n) is 5.36. The van der Waals surface area contributed by atoms with E-state index in [1.54, 1.807) is 18.2 Å². The number of fused-ring (bicyclic) bond motifs is 3. The molecular weight excluding hydrogens is 230 g/mol. The topological polar surface area (TPSA) is 81.7 Å². The van der Waals surface area contributed by atoms with Crippen molar-refractivity contribution in [1.29, 1.82) is 5.26 Å². The van der Waals surface area contributed by atoms with Crippen molar-refractivity contribution in [1.82, 2.24) is 9.97 Å². The number of aromatic amines is 2. The lowest BCUT2D eigenvalue weighted by molar-refractivity contribution is 0.0595. The first-order chi connectivity index (χ1) is 8.72. The van der Waals surface area contributed by atoms with Crippen molar-refractivity contribution in [3.05, 3.63) is 35.5 Å². The summed E-state index contributed by atoms with van der Waals surface area (Å²) in [4.78, 5) is 17.5. The van der Waals surface area contributed by atoms with Crippen molar-refractivity contribution >= 4 is 27.9 Å². The van der Waals surface area contributed by atoms with Crippen LogP contribution in [0.15, 0.2) is 24.3 Å². The number of nitrogens with one attached hydrogen (secondary N) is 2. The highest BCUT2D eigenvalue weighted by atomic mass is 16.5. The summed E-state index contributed by atoms with van der Waals surface area (Å²) in [5.41, 5.74) is 2.65. The van der Waals surface area contributed by atoms with Crippen molar-refractivity contribution in [3.8, 4) is 6.07 Å². The number of carbonyl (C=O) groups excluding carboxylic acids is 1. The Balaban J connectivity index is 2.29. The minimum atomic E-state index is -0.413. The lowest BCUT2D eigenvalue weighted by Gasteiger charge is -1.94. The van der Waals surface area contributed by atoms with E-state index in [9.17, 15) is 4.79 Å². The van der Waals surface area contributed by atoms with Gasteiger partial charge >= 0.3 is 5.97 Å². The van der Waals surface area contributed by atoms with Gasteiger partial charge in [-0.15, -0.1) is 0 Å². The number of hydrogen-bond donors (Lipinski definition) is 2. The number of carbonyl (C=O) groups is 1. The van der Waals surface area contributed by atoms with Crippen LogP contribution in [0.4, 0.5) is 0 Å². The molecule has 0 aliphatic carbocycles. The second kappa shape index (κ2) is 3.64. The molecule has 5 heteroatoms. The number of ether oxygens (including phenoxy) is 1. The van der Waals surface area contributed by atoms with Gasteiger partial charge in [-0.05, 0) is 24.3 Å². The van der Waals surface area contributed by atoms with E-state index in [1.165, 1.54) is 7.11 Å². The maximum absolute atomic E-state index is 11.4. The molecule has 0 atom stereocenters. The Bertz CT molecular complexity index is 805. The molecule has 18 heavy (non-hydrogen) atoms. The van der Waals surface area contributed by atoms with Crippen LogP contribution in [-0.4, -0.2) is 23.0 Å². The van der Waals surface area contributed by atoms with Crippen LogP contribution >= 0.6 is 0 Å². The molecule has 2 aromatic heterocycles. The number of rotatable bonds is 1. The highest BCUT2D eigenvalue weighted by molar-refractivity contribution is 6.09. The molecule has 2 N–H and O–H groups in total. The average molecular weight is 239 g/mol. The van der Waals surface area contributed by atoms with Gasteiger partial charge in [0.05, 0.1) is 18.7 Å². The predicted molar refractivity (Wildman–Crippen MR) is 66.2 cm³/mol. The van der Waals surface area contributed by atoms with Gasteiger partial charge in [0, 0.05) is 16.3 Å². The molecule has 0 spiro atoms. The van der Waals surface area contributed by atoms with Gasteiger partial charge in [-0.25, -0.2) is 4.79 Å². The third-order valence-corrected chi connectivity index (χ3v) is 2.92. The molecular formula is C13H9N3O2. The number of nitriles is 1. The van der Waals surface area contributed by atoms with Gasteiger partial charge in [-0.2, -0.15) is 5.26 Å². The van der Waals surface area contributed by atoms with Gasteiger partial charge in [-0.1, -0.05) is 0 Å². The summed E-state index contributed by atoms with van der Waals surface area (Å²) in [6, 6.07) is 9.21. The smallest absolute Gasteiger partial charge is 0.354 e. The Morgan fingerprint density at radius 3 is 2.83 bits per heavy atom. The van der Waals surface area contributed by atoms with Crippen LogP contribution in [0.3, 0.4) is 0 Å². The maximum atomic E-state index is 11.4. The molecule has 0 amide bonds. The van der Waals surface area contributed by atoms with Crippen LogP contribution in [0.2, 0.25) is 0 Å². The van der Waals surface area contributed by atoms with Crippen LogP contribution in [-0.2, 0) is 4.74 Å². The summed E-state index contributed by atoms with van der Waals surface area (Å²) < 4.78 is 4.66.